The molecule has 0 saturated heterocycles. The molecule has 1 aromatic rings. The molecule has 4 nitrogen and oxygen atoms in total. The Bertz CT molecular complexity index is 530. The van der Waals surface area contributed by atoms with E-state index in [9.17, 15) is 14.0 Å². The third kappa shape index (κ3) is 3.35. The monoisotopic (exact) mass is 279 g/mol. The topological polar surface area (TPSA) is 66.4 Å². The second-order valence-electron chi connectivity index (χ2n) is 5.35. The van der Waals surface area contributed by atoms with Gasteiger partial charge >= 0.3 is 5.97 Å². The molecule has 1 amide bonds. The molecule has 0 aromatic heterocycles. The number of amides is 1. The summed E-state index contributed by atoms with van der Waals surface area (Å²) in [5, 5.41) is 11.7. The highest BCUT2D eigenvalue weighted by molar-refractivity contribution is 5.93. The molecule has 0 spiro atoms. The molecule has 1 fully saturated rings. The van der Waals surface area contributed by atoms with E-state index < -0.39 is 17.7 Å². The fourth-order valence-corrected chi connectivity index (χ4v) is 2.62. The summed E-state index contributed by atoms with van der Waals surface area (Å²) in [6.07, 6.45) is 2.40. The first-order valence-electron chi connectivity index (χ1n) is 6.77. The van der Waals surface area contributed by atoms with Crippen molar-refractivity contribution in [1.82, 2.24) is 0 Å². The molecule has 1 aromatic carbocycles. The summed E-state index contributed by atoms with van der Waals surface area (Å²) in [4.78, 5) is 23.2. The van der Waals surface area contributed by atoms with Gasteiger partial charge in [0.15, 0.2) is 0 Å². The minimum Gasteiger partial charge on any atom is -0.481 e. The molecule has 0 heterocycles. The standard InChI is InChI=1S/C15H18FNO3/c1-9-5-6-12(16)8-13(9)17-14(18)10-3-2-4-11(7-10)15(19)20/h5-6,8,10-11H,2-4,7H2,1H3,(H,17,18)(H,19,20). The van der Waals surface area contributed by atoms with Gasteiger partial charge in [-0.25, -0.2) is 4.39 Å². The van der Waals surface area contributed by atoms with E-state index in [0.717, 1.165) is 12.0 Å². The smallest absolute Gasteiger partial charge is 0.306 e. The second kappa shape index (κ2) is 6.03. The molecule has 0 aliphatic heterocycles. The average molecular weight is 279 g/mol. The summed E-state index contributed by atoms with van der Waals surface area (Å²) in [6.45, 7) is 1.79. The van der Waals surface area contributed by atoms with E-state index >= 15 is 0 Å². The van der Waals surface area contributed by atoms with Gasteiger partial charge in [0.1, 0.15) is 5.82 Å². The van der Waals surface area contributed by atoms with Gasteiger partial charge in [0.05, 0.1) is 5.92 Å². The van der Waals surface area contributed by atoms with Crippen LogP contribution in [0.2, 0.25) is 0 Å². The first-order valence-corrected chi connectivity index (χ1v) is 6.77. The van der Waals surface area contributed by atoms with Gasteiger partial charge in [-0.1, -0.05) is 12.5 Å². The molecule has 1 aliphatic carbocycles. The number of hydrogen-bond acceptors (Lipinski definition) is 2. The van der Waals surface area contributed by atoms with E-state index in [0.29, 0.717) is 24.9 Å². The van der Waals surface area contributed by atoms with Gasteiger partial charge < -0.3 is 10.4 Å². The SMILES string of the molecule is Cc1ccc(F)cc1NC(=O)C1CCCC(C(=O)O)C1. The number of rotatable bonds is 3. The normalized spacial score (nSPS) is 22.3. The van der Waals surface area contributed by atoms with Crippen LogP contribution in [0.5, 0.6) is 0 Å². The van der Waals surface area contributed by atoms with Crippen molar-refractivity contribution < 1.29 is 19.1 Å². The van der Waals surface area contributed by atoms with E-state index in [2.05, 4.69) is 5.32 Å². The van der Waals surface area contributed by atoms with Crippen LogP contribution in [0.4, 0.5) is 10.1 Å². The highest BCUT2D eigenvalue weighted by Crippen LogP contribution is 2.30. The Balaban J connectivity index is 2.04. The molecule has 2 unspecified atom stereocenters. The Morgan fingerprint density at radius 3 is 2.70 bits per heavy atom. The number of anilines is 1. The lowest BCUT2D eigenvalue weighted by Gasteiger charge is -2.26. The van der Waals surface area contributed by atoms with E-state index in [4.69, 9.17) is 5.11 Å². The Kier molecular flexibility index (Phi) is 4.37. The van der Waals surface area contributed by atoms with Crippen molar-refractivity contribution in [2.24, 2.45) is 11.8 Å². The summed E-state index contributed by atoms with van der Waals surface area (Å²) < 4.78 is 13.2. The Hall–Kier alpha value is -1.91. The fourth-order valence-electron chi connectivity index (χ4n) is 2.62. The summed E-state index contributed by atoms with van der Waals surface area (Å²) in [5.41, 5.74) is 1.23. The number of carbonyl (C=O) groups excluding carboxylic acids is 1. The van der Waals surface area contributed by atoms with Gasteiger partial charge in [0, 0.05) is 11.6 Å². The number of nitrogens with one attached hydrogen (secondary N) is 1. The highest BCUT2D eigenvalue weighted by Gasteiger charge is 2.31. The van der Waals surface area contributed by atoms with Gasteiger partial charge in [-0.3, -0.25) is 9.59 Å². The second-order valence-corrected chi connectivity index (χ2v) is 5.35. The summed E-state index contributed by atoms with van der Waals surface area (Å²) in [6, 6.07) is 4.22. The molecular formula is C15H18FNO3. The highest BCUT2D eigenvalue weighted by atomic mass is 19.1. The molecule has 108 valence electrons. The van der Waals surface area contributed by atoms with Crippen molar-refractivity contribution >= 4 is 17.6 Å². The summed E-state index contributed by atoms with van der Waals surface area (Å²) in [5.74, 6) is -2.23. The van der Waals surface area contributed by atoms with Gasteiger partial charge in [-0.2, -0.15) is 0 Å². The maximum Gasteiger partial charge on any atom is 0.306 e. The average Bonchev–Trinajstić information content (AvgIpc) is 2.43. The molecule has 0 bridgehead atoms. The lowest BCUT2D eigenvalue weighted by Crippen LogP contribution is -2.31. The van der Waals surface area contributed by atoms with Gasteiger partial charge in [0.25, 0.3) is 0 Å². The first-order chi connectivity index (χ1) is 9.47. The van der Waals surface area contributed by atoms with E-state index in [-0.39, 0.29) is 11.8 Å². The molecule has 1 saturated carbocycles. The number of carbonyl (C=O) groups is 2. The minimum atomic E-state index is -0.843. The molecule has 5 heteroatoms. The zero-order chi connectivity index (χ0) is 14.7. The van der Waals surface area contributed by atoms with E-state index in [1.54, 1.807) is 13.0 Å². The van der Waals surface area contributed by atoms with Crippen molar-refractivity contribution in [3.63, 3.8) is 0 Å². The Morgan fingerprint density at radius 1 is 1.30 bits per heavy atom. The number of benzene rings is 1. The lowest BCUT2D eigenvalue weighted by atomic mass is 9.81. The molecule has 2 rings (SSSR count). The third-order valence-electron chi connectivity index (χ3n) is 3.85. The predicted octanol–water partition coefficient (Wildman–Crippen LogP) is 2.96. The van der Waals surface area contributed by atoms with E-state index in [1.807, 2.05) is 0 Å². The number of carboxylic acids is 1. The minimum absolute atomic E-state index is 0.218. The number of aliphatic carboxylic acids is 1. The zero-order valence-corrected chi connectivity index (χ0v) is 11.4. The van der Waals surface area contributed by atoms with Crippen molar-refractivity contribution in [2.75, 3.05) is 5.32 Å². The van der Waals surface area contributed by atoms with Crippen LogP contribution in [0.1, 0.15) is 31.2 Å². The van der Waals surface area contributed by atoms with Crippen molar-refractivity contribution in [2.45, 2.75) is 32.6 Å². The van der Waals surface area contributed by atoms with Crippen molar-refractivity contribution in [1.29, 1.82) is 0 Å². The van der Waals surface area contributed by atoms with Gasteiger partial charge in [0.2, 0.25) is 5.91 Å². The Morgan fingerprint density at radius 2 is 2.00 bits per heavy atom. The summed E-state index contributed by atoms with van der Waals surface area (Å²) >= 11 is 0. The van der Waals surface area contributed by atoms with Crippen LogP contribution in [0.25, 0.3) is 0 Å². The molecular weight excluding hydrogens is 261 g/mol. The number of aryl methyl sites for hydroxylation is 1. The lowest BCUT2D eigenvalue weighted by molar-refractivity contribution is -0.143. The van der Waals surface area contributed by atoms with Gasteiger partial charge in [-0.05, 0) is 43.9 Å². The van der Waals surface area contributed by atoms with Gasteiger partial charge in [-0.15, -0.1) is 0 Å². The van der Waals surface area contributed by atoms with E-state index in [1.165, 1.54) is 12.1 Å². The molecule has 0 radical (unpaired) electrons. The van der Waals surface area contributed by atoms with Crippen LogP contribution in [-0.2, 0) is 9.59 Å². The van der Waals surface area contributed by atoms with Crippen molar-refractivity contribution in [3.05, 3.63) is 29.6 Å². The third-order valence-corrected chi connectivity index (χ3v) is 3.85. The van der Waals surface area contributed by atoms with Crippen molar-refractivity contribution in [3.8, 4) is 0 Å². The Labute approximate surface area is 117 Å². The predicted molar refractivity (Wildman–Crippen MR) is 72.9 cm³/mol. The zero-order valence-electron chi connectivity index (χ0n) is 11.4. The van der Waals surface area contributed by atoms with Crippen LogP contribution in [0.3, 0.4) is 0 Å². The fraction of sp³-hybridized carbons (Fsp3) is 0.467. The largest absolute Gasteiger partial charge is 0.481 e. The van der Waals surface area contributed by atoms with Crippen LogP contribution < -0.4 is 5.32 Å². The molecule has 2 N–H and O–H groups in total. The number of carboxylic acid groups (broad SMARTS) is 1. The number of hydrogen-bond donors (Lipinski definition) is 2. The van der Waals surface area contributed by atoms with Crippen LogP contribution in [0.15, 0.2) is 18.2 Å². The molecule has 20 heavy (non-hydrogen) atoms. The molecule has 1 aliphatic rings. The summed E-state index contributed by atoms with van der Waals surface area (Å²) in [7, 11) is 0. The van der Waals surface area contributed by atoms with Crippen LogP contribution in [-0.4, -0.2) is 17.0 Å². The maximum atomic E-state index is 13.2. The quantitative estimate of drug-likeness (QED) is 0.894. The molecule has 2 atom stereocenters. The van der Waals surface area contributed by atoms with Crippen LogP contribution >= 0.6 is 0 Å². The first kappa shape index (κ1) is 14.5. The van der Waals surface area contributed by atoms with Crippen LogP contribution in [0, 0.1) is 24.6 Å². The maximum absolute atomic E-state index is 13.2. The number of halogens is 1.